The molecule has 0 amide bonds. The number of methoxy groups -OCH3 is 2. The zero-order chi connectivity index (χ0) is 46.2. The first kappa shape index (κ1) is 45.7. The van der Waals surface area contributed by atoms with Crippen molar-refractivity contribution in [2.75, 3.05) is 38.8 Å². The Kier molecular flexibility index (Phi) is 13.1. The molecule has 0 saturated carbocycles. The number of H-pyrrole nitrogens is 1. The molecule has 0 unspecified atom stereocenters. The molecule has 65 heavy (non-hydrogen) atoms. The van der Waals surface area contributed by atoms with Gasteiger partial charge in [0.25, 0.3) is 11.6 Å². The van der Waals surface area contributed by atoms with Gasteiger partial charge in [0.15, 0.2) is 5.82 Å². The van der Waals surface area contributed by atoms with E-state index in [1.807, 2.05) is 72.8 Å². The smallest absolute Gasteiger partial charge is 0.297 e. The average Bonchev–Trinajstić information content (AvgIpc) is 3.81. The van der Waals surface area contributed by atoms with E-state index in [0.29, 0.717) is 76.3 Å². The fraction of sp³-hybridized carbons (Fsp3) is 0.404. The number of halogens is 3. The van der Waals surface area contributed by atoms with Gasteiger partial charge in [0.05, 0.1) is 36.4 Å². The molecule has 1 N–H and O–H groups in total. The van der Waals surface area contributed by atoms with Crippen LogP contribution in [0.15, 0.2) is 83.7 Å². The van der Waals surface area contributed by atoms with Crippen LogP contribution in [0.25, 0.3) is 32.9 Å². The van der Waals surface area contributed by atoms with Gasteiger partial charge >= 0.3 is 0 Å². The normalized spacial score (nSPS) is 17.5. The number of hydrogen-bond donors (Lipinski definition) is 1. The molecule has 2 aliphatic rings. The highest BCUT2D eigenvalue weighted by atomic mass is 28.3. The molecule has 4 heterocycles. The predicted octanol–water partition coefficient (Wildman–Crippen LogP) is 11.2. The Balaban J connectivity index is 1.33. The number of hydrogen-bond acceptors (Lipinski definition) is 8. The van der Waals surface area contributed by atoms with Crippen LogP contribution >= 0.6 is 0 Å². The van der Waals surface area contributed by atoms with Gasteiger partial charge in [-0.15, -0.1) is 5.54 Å². The fourth-order valence-electron chi connectivity index (χ4n) is 10.6. The minimum Gasteiger partial charge on any atom is -0.497 e. The highest BCUT2D eigenvalue weighted by Gasteiger charge is 2.49. The van der Waals surface area contributed by atoms with Crippen LogP contribution in [0.2, 0.25) is 16.6 Å². The molecule has 2 atom stereocenters. The van der Waals surface area contributed by atoms with Gasteiger partial charge < -0.3 is 19.1 Å². The first-order chi connectivity index (χ1) is 31.2. The maximum absolute atomic E-state index is 17.6. The van der Waals surface area contributed by atoms with Crippen molar-refractivity contribution in [2.45, 2.75) is 102 Å². The Morgan fingerprint density at radius 2 is 1.52 bits per heavy atom. The number of aromatic amines is 1. The van der Waals surface area contributed by atoms with E-state index in [2.05, 4.69) is 72.8 Å². The lowest BCUT2D eigenvalue weighted by molar-refractivity contribution is 0.107. The summed E-state index contributed by atoms with van der Waals surface area (Å²) in [5.74, 6) is 3.42. The van der Waals surface area contributed by atoms with E-state index in [-0.39, 0.29) is 29.2 Å². The molecule has 13 heteroatoms. The summed E-state index contributed by atoms with van der Waals surface area (Å²) in [5.41, 5.74) is 5.29. The molecule has 2 saturated heterocycles. The third-order valence-corrected chi connectivity index (χ3v) is 20.1. The van der Waals surface area contributed by atoms with Gasteiger partial charge in [-0.3, -0.25) is 14.7 Å². The summed E-state index contributed by atoms with van der Waals surface area (Å²) >= 11 is 0. The molecule has 8 rings (SSSR count). The molecule has 0 bridgehead atoms. The van der Waals surface area contributed by atoms with Crippen molar-refractivity contribution >= 4 is 35.6 Å². The standard InChI is InChI=1S/C52H58F3N5O4Si/c1-32(2)65(33(3)4,34(5)6)24-21-37-11-9-12-38-25-44(59(28-35-13-17-40(62-7)18-14-35)29-36-15-19-41(63-8)20-16-36)56-49(45(37)38)46-43(54)26-42-48(47(46)55)57-51(58-50(42)61)64-31-52-22-10-23-60(52)30-39(53)27-52/h9,11-20,25-26,32-34,39H,10,22-23,27-31H2,1-8H3,(H,57,58,61)/t39-,52+/m1/s1. The van der Waals surface area contributed by atoms with E-state index in [4.69, 9.17) is 19.2 Å². The Morgan fingerprint density at radius 3 is 2.12 bits per heavy atom. The quantitative estimate of drug-likeness (QED) is 0.0854. The Bertz CT molecular complexity index is 2750. The molecular formula is C52H58F3N5O4Si. The van der Waals surface area contributed by atoms with Crippen LogP contribution in [0.5, 0.6) is 17.5 Å². The molecule has 0 spiro atoms. The molecule has 0 radical (unpaired) electrons. The number of fused-ring (bicyclic) bond motifs is 3. The van der Waals surface area contributed by atoms with Crippen LogP contribution in [0.1, 0.15) is 77.5 Å². The topological polar surface area (TPSA) is 92.8 Å². The third kappa shape index (κ3) is 8.83. The minimum absolute atomic E-state index is 0.0321. The SMILES string of the molecule is COc1ccc(CN(Cc2ccc(OC)cc2)c2cc3cccc(C#C[Si](C(C)C)(C(C)C)C(C)C)c3c(-c3c(F)cc4c(=O)[nH]c(OC[C@@]56CCCN5C[C@H](F)C6)nc4c3F)n2)cc1. The molecular weight excluding hydrogens is 844 g/mol. The van der Waals surface area contributed by atoms with Crippen LogP contribution in [-0.4, -0.2) is 73.6 Å². The van der Waals surface area contributed by atoms with E-state index < -0.39 is 42.5 Å². The van der Waals surface area contributed by atoms with Gasteiger partial charge in [0.1, 0.15) is 49.5 Å². The second-order valence-electron chi connectivity index (χ2n) is 18.6. The largest absolute Gasteiger partial charge is 0.497 e. The van der Waals surface area contributed by atoms with E-state index >= 15 is 8.78 Å². The van der Waals surface area contributed by atoms with Gasteiger partial charge in [0.2, 0.25) is 0 Å². The number of rotatable bonds is 14. The van der Waals surface area contributed by atoms with E-state index in [9.17, 15) is 9.18 Å². The number of pyridine rings is 1. The van der Waals surface area contributed by atoms with Gasteiger partial charge in [-0.1, -0.05) is 83.9 Å². The second kappa shape index (κ2) is 18.6. The maximum Gasteiger partial charge on any atom is 0.297 e. The number of benzene rings is 4. The van der Waals surface area contributed by atoms with Crippen molar-refractivity contribution in [3.63, 3.8) is 0 Å². The zero-order valence-electron chi connectivity index (χ0n) is 38.5. The zero-order valence-corrected chi connectivity index (χ0v) is 39.5. The monoisotopic (exact) mass is 901 g/mol. The average molecular weight is 902 g/mol. The fourth-order valence-corrected chi connectivity index (χ4v) is 15.8. The molecule has 340 valence electrons. The van der Waals surface area contributed by atoms with Crippen molar-refractivity contribution in [1.29, 1.82) is 0 Å². The number of nitrogens with one attached hydrogen (secondary N) is 1. The summed E-state index contributed by atoms with van der Waals surface area (Å²) in [4.78, 5) is 30.0. The highest BCUT2D eigenvalue weighted by Crippen LogP contribution is 2.43. The van der Waals surface area contributed by atoms with Crippen LogP contribution in [-0.2, 0) is 13.1 Å². The lowest BCUT2D eigenvalue weighted by atomic mass is 9.95. The number of anilines is 1. The third-order valence-electron chi connectivity index (χ3n) is 13.9. The molecule has 2 fully saturated rings. The number of aromatic nitrogens is 3. The van der Waals surface area contributed by atoms with Crippen LogP contribution in [0, 0.1) is 23.1 Å². The molecule has 6 aromatic rings. The van der Waals surface area contributed by atoms with Crippen molar-refractivity contribution in [2.24, 2.45) is 0 Å². The molecule has 9 nitrogen and oxygen atoms in total. The van der Waals surface area contributed by atoms with Crippen LogP contribution < -0.4 is 24.7 Å². The Morgan fingerprint density at radius 1 is 0.892 bits per heavy atom. The number of alkyl halides is 1. The second-order valence-corrected chi connectivity index (χ2v) is 24.2. The number of nitrogens with zero attached hydrogens (tertiary/aromatic N) is 4. The van der Waals surface area contributed by atoms with Crippen LogP contribution in [0.3, 0.4) is 0 Å². The summed E-state index contributed by atoms with van der Waals surface area (Å²) in [5, 5.41) is 0.892. The highest BCUT2D eigenvalue weighted by molar-refractivity contribution is 6.90. The summed E-state index contributed by atoms with van der Waals surface area (Å²) in [6.45, 7) is 15.4. The first-order valence-electron chi connectivity index (χ1n) is 22.6. The van der Waals surface area contributed by atoms with Crippen molar-refractivity contribution in [3.8, 4) is 40.2 Å². The summed E-state index contributed by atoms with van der Waals surface area (Å²) < 4.78 is 66.2. The molecule has 0 aliphatic carbocycles. The first-order valence-corrected chi connectivity index (χ1v) is 24.8. The molecule has 2 aromatic heterocycles. The molecule has 4 aromatic carbocycles. The van der Waals surface area contributed by atoms with Gasteiger partial charge in [-0.2, -0.15) is 4.98 Å². The molecule has 2 aliphatic heterocycles. The van der Waals surface area contributed by atoms with Gasteiger partial charge in [0, 0.05) is 37.0 Å². The lowest BCUT2D eigenvalue weighted by Gasteiger charge is -2.38. The van der Waals surface area contributed by atoms with Crippen molar-refractivity contribution < 1.29 is 27.4 Å². The van der Waals surface area contributed by atoms with E-state index in [1.165, 1.54) is 0 Å². The minimum atomic E-state index is -2.27. The predicted molar refractivity (Wildman–Crippen MR) is 255 cm³/mol. The van der Waals surface area contributed by atoms with E-state index in [1.54, 1.807) is 14.2 Å². The Labute approximate surface area is 380 Å². The summed E-state index contributed by atoms with van der Waals surface area (Å²) in [6.07, 6.45) is 0.951. The van der Waals surface area contributed by atoms with Crippen molar-refractivity contribution in [3.05, 3.63) is 118 Å². The summed E-state index contributed by atoms with van der Waals surface area (Å²) in [6, 6.07) is 23.9. The number of ether oxygens (including phenoxy) is 3. The Hall–Kier alpha value is -5.84. The lowest BCUT2D eigenvalue weighted by Crippen LogP contribution is -2.43. The van der Waals surface area contributed by atoms with Crippen molar-refractivity contribution in [1.82, 2.24) is 19.9 Å². The van der Waals surface area contributed by atoms with E-state index in [0.717, 1.165) is 36.6 Å². The van der Waals surface area contributed by atoms with Crippen LogP contribution in [0.4, 0.5) is 19.0 Å². The van der Waals surface area contributed by atoms with Gasteiger partial charge in [-0.25, -0.2) is 18.2 Å². The maximum atomic E-state index is 17.6. The summed E-state index contributed by atoms with van der Waals surface area (Å²) in [7, 11) is 0.968. The van der Waals surface area contributed by atoms with Gasteiger partial charge in [-0.05, 0) is 95.0 Å².